The monoisotopic (exact) mass is 255 g/mol. The highest BCUT2D eigenvalue weighted by atomic mass is 35.5. The second kappa shape index (κ2) is 6.84. The number of halogens is 1. The Morgan fingerprint density at radius 2 is 2.00 bits per heavy atom. The number of nitrogens with zero attached hydrogens (tertiary/aromatic N) is 1. The van der Waals surface area contributed by atoms with E-state index in [2.05, 4.69) is 0 Å². The van der Waals surface area contributed by atoms with Gasteiger partial charge in [0.1, 0.15) is 0 Å². The summed E-state index contributed by atoms with van der Waals surface area (Å²) in [4.78, 5) is 2.02. The fourth-order valence-electron chi connectivity index (χ4n) is 1.76. The molecule has 1 aromatic carbocycles. The normalized spacial score (nSPS) is 12.5. The molecule has 1 rings (SSSR count). The molecule has 0 fully saturated rings. The van der Waals surface area contributed by atoms with Gasteiger partial charge in [0.25, 0.3) is 0 Å². The average molecular weight is 256 g/mol. The summed E-state index contributed by atoms with van der Waals surface area (Å²) in [5.74, 6) is 0. The molecule has 4 heteroatoms. The Morgan fingerprint density at radius 3 is 2.53 bits per heavy atom. The van der Waals surface area contributed by atoms with Crippen LogP contribution in [0.5, 0.6) is 0 Å². The van der Waals surface area contributed by atoms with Crippen LogP contribution in [0.4, 0.5) is 5.69 Å². The molecular weight excluding hydrogens is 234 g/mol. The summed E-state index contributed by atoms with van der Waals surface area (Å²) in [7, 11) is 3.99. The Balaban J connectivity index is 2.70. The lowest BCUT2D eigenvalue weighted by atomic mass is 10.0. The zero-order chi connectivity index (χ0) is 12.8. The fourth-order valence-corrected chi connectivity index (χ4v) is 2.07. The van der Waals surface area contributed by atoms with Crippen molar-refractivity contribution < 1.29 is 0 Å². The molecule has 3 nitrogen and oxygen atoms in total. The van der Waals surface area contributed by atoms with Gasteiger partial charge in [-0.15, -0.1) is 0 Å². The molecule has 0 radical (unpaired) electrons. The predicted octanol–water partition coefficient (Wildman–Crippen LogP) is 2.53. The smallest absolute Gasteiger partial charge is 0.0474 e. The summed E-state index contributed by atoms with van der Waals surface area (Å²) in [6, 6.07) is 6.03. The van der Waals surface area contributed by atoms with Gasteiger partial charge in [-0.25, -0.2) is 0 Å². The Labute approximate surface area is 109 Å². The number of nitrogens with two attached hydrogens (primary N) is 2. The van der Waals surface area contributed by atoms with E-state index in [4.69, 9.17) is 23.1 Å². The van der Waals surface area contributed by atoms with E-state index in [0.29, 0.717) is 0 Å². The van der Waals surface area contributed by atoms with Crippen LogP contribution in [0, 0.1) is 0 Å². The van der Waals surface area contributed by atoms with Crippen molar-refractivity contribution >= 4 is 17.3 Å². The Kier molecular flexibility index (Phi) is 5.75. The third-order valence-electron chi connectivity index (χ3n) is 2.87. The van der Waals surface area contributed by atoms with Crippen molar-refractivity contribution in [2.45, 2.75) is 25.3 Å². The molecule has 96 valence electrons. The first-order chi connectivity index (χ1) is 8.06. The topological polar surface area (TPSA) is 55.3 Å². The summed E-state index contributed by atoms with van der Waals surface area (Å²) < 4.78 is 0. The van der Waals surface area contributed by atoms with E-state index in [1.54, 1.807) is 0 Å². The molecule has 0 aliphatic rings. The highest BCUT2D eigenvalue weighted by Gasteiger charge is 2.10. The maximum Gasteiger partial charge on any atom is 0.0474 e. The van der Waals surface area contributed by atoms with Crippen LogP contribution in [0.2, 0.25) is 5.02 Å². The minimum Gasteiger partial charge on any atom is -0.378 e. The van der Waals surface area contributed by atoms with Gasteiger partial charge in [0.05, 0.1) is 0 Å². The van der Waals surface area contributed by atoms with Gasteiger partial charge in [-0.05, 0) is 37.1 Å². The molecule has 0 heterocycles. The van der Waals surface area contributed by atoms with E-state index >= 15 is 0 Å². The molecule has 0 saturated heterocycles. The summed E-state index contributed by atoms with van der Waals surface area (Å²) in [5, 5.41) is 0.747. The molecule has 0 amide bonds. The highest BCUT2D eigenvalue weighted by Crippen LogP contribution is 2.28. The minimum atomic E-state index is 0.00487. The highest BCUT2D eigenvalue weighted by molar-refractivity contribution is 6.31. The van der Waals surface area contributed by atoms with Crippen molar-refractivity contribution in [3.8, 4) is 0 Å². The van der Waals surface area contributed by atoms with Gasteiger partial charge in [-0.2, -0.15) is 0 Å². The van der Waals surface area contributed by atoms with Crippen molar-refractivity contribution in [2.24, 2.45) is 11.5 Å². The molecule has 0 spiro atoms. The van der Waals surface area contributed by atoms with Crippen LogP contribution in [0.15, 0.2) is 18.2 Å². The molecule has 0 aromatic heterocycles. The quantitative estimate of drug-likeness (QED) is 0.768. The largest absolute Gasteiger partial charge is 0.378 e. The van der Waals surface area contributed by atoms with E-state index in [1.165, 1.54) is 0 Å². The molecule has 4 N–H and O–H groups in total. The lowest BCUT2D eigenvalue weighted by molar-refractivity contribution is 0.591. The SMILES string of the molecule is CN(C)c1ccc([C@@H](N)CCCCN)c(Cl)c1. The van der Waals surface area contributed by atoms with Crippen molar-refractivity contribution in [1.82, 2.24) is 0 Å². The number of benzene rings is 1. The van der Waals surface area contributed by atoms with Gasteiger partial charge in [0.2, 0.25) is 0 Å². The lowest BCUT2D eigenvalue weighted by Gasteiger charge is -2.17. The van der Waals surface area contributed by atoms with Crippen molar-refractivity contribution in [3.05, 3.63) is 28.8 Å². The zero-order valence-electron chi connectivity index (χ0n) is 10.6. The summed E-state index contributed by atoms with van der Waals surface area (Å²) in [6.07, 6.45) is 2.99. The van der Waals surface area contributed by atoms with E-state index in [1.807, 2.05) is 37.2 Å². The third-order valence-corrected chi connectivity index (χ3v) is 3.20. The molecule has 0 bridgehead atoms. The minimum absolute atomic E-state index is 0.00487. The molecule has 0 aliphatic carbocycles. The van der Waals surface area contributed by atoms with E-state index in [-0.39, 0.29) is 6.04 Å². The molecule has 17 heavy (non-hydrogen) atoms. The standard InChI is InChI=1S/C13H22ClN3/c1-17(2)10-6-7-11(12(14)9-10)13(16)5-3-4-8-15/h6-7,9,13H,3-5,8,15-16H2,1-2H3/t13-/m0/s1. The Hall–Kier alpha value is -0.770. The van der Waals surface area contributed by atoms with Crippen molar-refractivity contribution in [1.29, 1.82) is 0 Å². The summed E-state index contributed by atoms with van der Waals surface area (Å²) in [5.41, 5.74) is 13.7. The van der Waals surface area contributed by atoms with Gasteiger partial charge in [0.15, 0.2) is 0 Å². The summed E-state index contributed by atoms with van der Waals surface area (Å²) in [6.45, 7) is 0.722. The third kappa shape index (κ3) is 4.19. The first-order valence-electron chi connectivity index (χ1n) is 5.98. The number of rotatable bonds is 6. The lowest BCUT2D eigenvalue weighted by Crippen LogP contribution is -2.13. The Morgan fingerprint density at radius 1 is 1.29 bits per heavy atom. The summed E-state index contributed by atoms with van der Waals surface area (Å²) >= 11 is 6.25. The molecular formula is C13H22ClN3. The number of hydrogen-bond acceptors (Lipinski definition) is 3. The molecule has 1 atom stereocenters. The molecule has 0 saturated carbocycles. The van der Waals surface area contributed by atoms with Crippen LogP contribution in [0.1, 0.15) is 30.9 Å². The van der Waals surface area contributed by atoms with Gasteiger partial charge in [-0.1, -0.05) is 24.1 Å². The number of hydrogen-bond donors (Lipinski definition) is 2. The van der Waals surface area contributed by atoms with Gasteiger partial charge >= 0.3 is 0 Å². The maximum atomic E-state index is 6.25. The van der Waals surface area contributed by atoms with Crippen LogP contribution < -0.4 is 16.4 Å². The van der Waals surface area contributed by atoms with Crippen molar-refractivity contribution in [3.63, 3.8) is 0 Å². The van der Waals surface area contributed by atoms with Crippen LogP contribution in [0.25, 0.3) is 0 Å². The predicted molar refractivity (Wildman–Crippen MR) is 75.6 cm³/mol. The van der Waals surface area contributed by atoms with Gasteiger partial charge in [0, 0.05) is 30.8 Å². The van der Waals surface area contributed by atoms with Crippen LogP contribution in [-0.4, -0.2) is 20.6 Å². The van der Waals surface area contributed by atoms with Crippen LogP contribution in [-0.2, 0) is 0 Å². The number of anilines is 1. The van der Waals surface area contributed by atoms with Crippen molar-refractivity contribution in [2.75, 3.05) is 25.5 Å². The average Bonchev–Trinajstić information content (AvgIpc) is 2.28. The van der Waals surface area contributed by atoms with Gasteiger partial charge < -0.3 is 16.4 Å². The van der Waals surface area contributed by atoms with Gasteiger partial charge in [-0.3, -0.25) is 0 Å². The van der Waals surface area contributed by atoms with E-state index in [0.717, 1.165) is 42.1 Å². The first kappa shape index (κ1) is 14.3. The molecule has 0 aliphatic heterocycles. The van der Waals surface area contributed by atoms with Crippen LogP contribution in [0.3, 0.4) is 0 Å². The van der Waals surface area contributed by atoms with Crippen LogP contribution >= 0.6 is 11.6 Å². The van der Waals surface area contributed by atoms with E-state index < -0.39 is 0 Å². The zero-order valence-corrected chi connectivity index (χ0v) is 11.4. The molecule has 1 aromatic rings. The molecule has 0 unspecified atom stereocenters. The second-order valence-corrected chi connectivity index (χ2v) is 4.90. The second-order valence-electron chi connectivity index (χ2n) is 4.49. The maximum absolute atomic E-state index is 6.25. The Bertz CT molecular complexity index is 353. The first-order valence-corrected chi connectivity index (χ1v) is 6.36. The van der Waals surface area contributed by atoms with E-state index in [9.17, 15) is 0 Å². The fraction of sp³-hybridized carbons (Fsp3) is 0.538. The number of unbranched alkanes of at least 4 members (excludes halogenated alkanes) is 1.